The molecule has 0 bridgehead atoms. The maximum absolute atomic E-state index is 12.4. The van der Waals surface area contributed by atoms with E-state index in [-0.39, 0.29) is 23.0 Å². The maximum atomic E-state index is 12.4. The molecule has 0 radical (unpaired) electrons. The van der Waals surface area contributed by atoms with Crippen molar-refractivity contribution in [1.82, 2.24) is 4.98 Å². The summed E-state index contributed by atoms with van der Waals surface area (Å²) in [5, 5.41) is 2.74. The molecule has 3 rings (SSSR count). The van der Waals surface area contributed by atoms with E-state index in [9.17, 15) is 13.2 Å². The number of hydrogen-bond donors (Lipinski definition) is 1. The van der Waals surface area contributed by atoms with Crippen LogP contribution < -0.4 is 10.1 Å². The van der Waals surface area contributed by atoms with Gasteiger partial charge in [-0.25, -0.2) is 8.42 Å². The van der Waals surface area contributed by atoms with Crippen LogP contribution in [0.2, 0.25) is 0 Å². The molecule has 0 aliphatic heterocycles. The Balaban J connectivity index is 1.59. The minimum atomic E-state index is -3.50. The summed E-state index contributed by atoms with van der Waals surface area (Å²) in [6, 6.07) is 15.4. The Hall–Kier alpha value is -3.19. The maximum Gasteiger partial charge on any atom is 0.225 e. The summed E-state index contributed by atoms with van der Waals surface area (Å²) in [6.07, 6.45) is 3.16. The second-order valence-electron chi connectivity index (χ2n) is 6.70. The van der Waals surface area contributed by atoms with Crippen molar-refractivity contribution in [2.45, 2.75) is 25.2 Å². The number of rotatable bonds is 7. The van der Waals surface area contributed by atoms with Crippen LogP contribution in [0.3, 0.4) is 0 Å². The van der Waals surface area contributed by atoms with Gasteiger partial charge in [-0.15, -0.1) is 0 Å². The van der Waals surface area contributed by atoms with Crippen LogP contribution in [0.25, 0.3) is 0 Å². The topological polar surface area (TPSA) is 85.4 Å². The van der Waals surface area contributed by atoms with Crippen LogP contribution in [0, 0.1) is 13.8 Å². The van der Waals surface area contributed by atoms with Gasteiger partial charge in [0, 0.05) is 18.3 Å². The number of aryl methyl sites for hydroxylation is 2. The molecule has 1 heterocycles. The first-order valence-corrected chi connectivity index (χ1v) is 10.8. The molecule has 7 heteroatoms. The molecule has 6 nitrogen and oxygen atoms in total. The Morgan fingerprint density at radius 3 is 2.48 bits per heavy atom. The quantitative estimate of drug-likeness (QED) is 0.628. The zero-order valence-corrected chi connectivity index (χ0v) is 17.1. The van der Waals surface area contributed by atoms with Gasteiger partial charge >= 0.3 is 0 Å². The SMILES string of the molecule is Cc1ccc(S(=O)(=O)CCC(=O)Nc2ccc(Oc3cccnc3)c(C)c2)cc1. The average Bonchev–Trinajstić information content (AvgIpc) is 2.70. The highest BCUT2D eigenvalue weighted by Gasteiger charge is 2.16. The van der Waals surface area contributed by atoms with Crippen LogP contribution in [0.1, 0.15) is 17.5 Å². The van der Waals surface area contributed by atoms with E-state index in [0.717, 1.165) is 11.1 Å². The molecule has 0 atom stereocenters. The minimum absolute atomic E-state index is 0.122. The number of pyridine rings is 1. The lowest BCUT2D eigenvalue weighted by atomic mass is 10.2. The van der Waals surface area contributed by atoms with Gasteiger partial charge in [0.25, 0.3) is 0 Å². The Kier molecular flexibility index (Phi) is 6.29. The predicted octanol–water partition coefficient (Wildman–Crippen LogP) is 4.29. The van der Waals surface area contributed by atoms with Crippen molar-refractivity contribution in [3.63, 3.8) is 0 Å². The Labute approximate surface area is 170 Å². The zero-order chi connectivity index (χ0) is 20.9. The number of carbonyl (C=O) groups excluding carboxylic acids is 1. The van der Waals surface area contributed by atoms with E-state index >= 15 is 0 Å². The van der Waals surface area contributed by atoms with Gasteiger partial charge in [-0.05, 0) is 61.9 Å². The molecule has 0 aliphatic rings. The number of aromatic nitrogens is 1. The molecule has 150 valence electrons. The third-order valence-corrected chi connectivity index (χ3v) is 6.03. The Bertz CT molecular complexity index is 1100. The van der Waals surface area contributed by atoms with Crippen molar-refractivity contribution in [3.05, 3.63) is 78.1 Å². The molecule has 0 saturated heterocycles. The predicted molar refractivity (Wildman–Crippen MR) is 112 cm³/mol. The van der Waals surface area contributed by atoms with Gasteiger partial charge in [-0.2, -0.15) is 0 Å². The third-order valence-electron chi connectivity index (χ3n) is 4.30. The van der Waals surface area contributed by atoms with E-state index < -0.39 is 9.84 Å². The van der Waals surface area contributed by atoms with Crippen molar-refractivity contribution in [1.29, 1.82) is 0 Å². The largest absolute Gasteiger partial charge is 0.455 e. The van der Waals surface area contributed by atoms with E-state index in [1.54, 1.807) is 67.0 Å². The molecule has 0 saturated carbocycles. The Morgan fingerprint density at radius 2 is 1.83 bits per heavy atom. The second-order valence-corrected chi connectivity index (χ2v) is 8.81. The first-order chi connectivity index (χ1) is 13.8. The molecule has 1 N–H and O–H groups in total. The molecule has 0 fully saturated rings. The van der Waals surface area contributed by atoms with Crippen LogP contribution in [-0.2, 0) is 14.6 Å². The smallest absolute Gasteiger partial charge is 0.225 e. The summed E-state index contributed by atoms with van der Waals surface area (Å²) in [5.41, 5.74) is 2.39. The molecule has 3 aromatic rings. The van der Waals surface area contributed by atoms with E-state index in [0.29, 0.717) is 17.2 Å². The van der Waals surface area contributed by atoms with Crippen LogP contribution in [0.5, 0.6) is 11.5 Å². The number of ether oxygens (including phenoxy) is 1. The highest BCUT2D eigenvalue weighted by Crippen LogP contribution is 2.27. The first kappa shape index (κ1) is 20.5. The van der Waals surface area contributed by atoms with Gasteiger partial charge in [-0.1, -0.05) is 17.7 Å². The van der Waals surface area contributed by atoms with Crippen molar-refractivity contribution < 1.29 is 17.9 Å². The summed E-state index contributed by atoms with van der Waals surface area (Å²) in [4.78, 5) is 16.4. The summed E-state index contributed by atoms with van der Waals surface area (Å²) >= 11 is 0. The van der Waals surface area contributed by atoms with Crippen LogP contribution in [0.15, 0.2) is 71.9 Å². The molecule has 2 aromatic carbocycles. The number of nitrogens with one attached hydrogen (secondary N) is 1. The highest BCUT2D eigenvalue weighted by atomic mass is 32.2. The molecular formula is C22H22N2O4S. The normalized spacial score (nSPS) is 11.1. The Morgan fingerprint density at radius 1 is 1.07 bits per heavy atom. The molecule has 0 spiro atoms. The lowest BCUT2D eigenvalue weighted by Gasteiger charge is -2.11. The minimum Gasteiger partial charge on any atom is -0.455 e. The third kappa shape index (κ3) is 5.65. The van der Waals surface area contributed by atoms with Gasteiger partial charge in [0.05, 0.1) is 16.8 Å². The van der Waals surface area contributed by atoms with E-state index in [2.05, 4.69) is 10.3 Å². The van der Waals surface area contributed by atoms with Crippen molar-refractivity contribution in [2.24, 2.45) is 0 Å². The molecule has 0 unspecified atom stereocenters. The lowest BCUT2D eigenvalue weighted by molar-refractivity contribution is -0.115. The van der Waals surface area contributed by atoms with Crippen molar-refractivity contribution in [3.8, 4) is 11.5 Å². The average molecular weight is 410 g/mol. The molecule has 0 aliphatic carbocycles. The number of hydrogen-bond acceptors (Lipinski definition) is 5. The van der Waals surface area contributed by atoms with Gasteiger partial charge in [0.1, 0.15) is 11.5 Å². The summed E-state index contributed by atoms with van der Waals surface area (Å²) in [5.74, 6) is 0.663. The molecule has 1 amide bonds. The highest BCUT2D eigenvalue weighted by molar-refractivity contribution is 7.91. The number of carbonyl (C=O) groups is 1. The fourth-order valence-electron chi connectivity index (χ4n) is 2.69. The van der Waals surface area contributed by atoms with Gasteiger partial charge in [-0.3, -0.25) is 9.78 Å². The summed E-state index contributed by atoms with van der Waals surface area (Å²) in [7, 11) is -3.50. The van der Waals surface area contributed by atoms with Crippen molar-refractivity contribution >= 4 is 21.4 Å². The lowest BCUT2D eigenvalue weighted by Crippen LogP contribution is -2.17. The van der Waals surface area contributed by atoms with Gasteiger partial charge in [0.15, 0.2) is 9.84 Å². The van der Waals surface area contributed by atoms with E-state index in [1.807, 2.05) is 13.8 Å². The van der Waals surface area contributed by atoms with Gasteiger partial charge in [0.2, 0.25) is 5.91 Å². The van der Waals surface area contributed by atoms with Crippen LogP contribution in [-0.4, -0.2) is 25.1 Å². The zero-order valence-electron chi connectivity index (χ0n) is 16.3. The number of amides is 1. The van der Waals surface area contributed by atoms with Crippen molar-refractivity contribution in [2.75, 3.05) is 11.1 Å². The summed E-state index contributed by atoms with van der Waals surface area (Å²) in [6.45, 7) is 3.75. The fourth-order valence-corrected chi connectivity index (χ4v) is 3.93. The molecular weight excluding hydrogens is 388 g/mol. The van der Waals surface area contributed by atoms with Gasteiger partial charge < -0.3 is 10.1 Å². The number of benzene rings is 2. The molecule has 29 heavy (non-hydrogen) atoms. The van der Waals surface area contributed by atoms with E-state index in [4.69, 9.17) is 4.74 Å². The second kappa shape index (κ2) is 8.87. The number of sulfone groups is 1. The fraction of sp³-hybridized carbons (Fsp3) is 0.182. The standard InChI is InChI=1S/C22H22N2O4S/c1-16-5-8-20(9-6-16)29(26,27)13-11-22(25)24-18-7-10-21(17(2)14-18)28-19-4-3-12-23-15-19/h3-10,12,14-15H,11,13H2,1-2H3,(H,24,25). The van der Waals surface area contributed by atoms with E-state index in [1.165, 1.54) is 0 Å². The monoisotopic (exact) mass is 410 g/mol. The molecule has 1 aromatic heterocycles. The number of anilines is 1. The van der Waals surface area contributed by atoms with Crippen LogP contribution in [0.4, 0.5) is 5.69 Å². The first-order valence-electron chi connectivity index (χ1n) is 9.11. The summed E-state index contributed by atoms with van der Waals surface area (Å²) < 4.78 is 30.5. The van der Waals surface area contributed by atoms with Crippen LogP contribution >= 0.6 is 0 Å². The number of nitrogens with zero attached hydrogens (tertiary/aromatic N) is 1.